The number of halogens is 1. The van der Waals surface area contributed by atoms with Crippen molar-refractivity contribution in [3.05, 3.63) is 59.4 Å². The number of nitrogens with one attached hydrogen (secondary N) is 1. The van der Waals surface area contributed by atoms with Crippen molar-refractivity contribution in [1.29, 1.82) is 0 Å². The number of hydrogen-bond acceptors (Lipinski definition) is 4. The smallest absolute Gasteiger partial charge is 0.225 e. The number of rotatable bonds is 7. The Morgan fingerprint density at radius 2 is 1.77 bits per heavy atom. The second-order valence-corrected chi connectivity index (χ2v) is 9.88. The summed E-state index contributed by atoms with van der Waals surface area (Å²) in [5.41, 5.74) is 1.67. The van der Waals surface area contributed by atoms with Gasteiger partial charge in [0.05, 0.1) is 12.1 Å². The zero-order valence-corrected chi connectivity index (χ0v) is 18.0. The van der Waals surface area contributed by atoms with Crippen molar-refractivity contribution in [2.45, 2.75) is 26.0 Å². The van der Waals surface area contributed by atoms with Crippen LogP contribution in [0.15, 0.2) is 42.5 Å². The summed E-state index contributed by atoms with van der Waals surface area (Å²) in [6.07, 6.45) is 0. The molecule has 30 heavy (non-hydrogen) atoms. The minimum atomic E-state index is -3.79. The highest BCUT2D eigenvalue weighted by Crippen LogP contribution is 2.25. The van der Waals surface area contributed by atoms with Crippen LogP contribution in [-0.2, 0) is 14.8 Å². The lowest BCUT2D eigenvalue weighted by Gasteiger charge is -2.39. The molecule has 0 atom stereocenters. The number of Topliss-reactive ketones (excluding diaryl/α,β-unsaturated/α-hetero) is 1. The van der Waals surface area contributed by atoms with E-state index >= 15 is 0 Å². The van der Waals surface area contributed by atoms with Crippen LogP contribution in [0.4, 0.5) is 4.39 Å². The maximum absolute atomic E-state index is 14.6. The third-order valence-corrected chi connectivity index (χ3v) is 6.91. The third kappa shape index (κ3) is 4.60. The standard InChI is InChI=1S/C22H25FN2O4S/c1-14(2)22(27)25-12-18(13-25)30(28,29)24-11-20(26)19-10-17(9-15(3)21(19)23)16-7-5-4-6-8-16/h4-10,14,18,24H,11-13H2,1-3H3. The second kappa shape index (κ2) is 8.65. The molecule has 160 valence electrons. The molecule has 2 aromatic carbocycles. The molecule has 1 aliphatic rings. The van der Waals surface area contributed by atoms with Crippen LogP contribution in [0, 0.1) is 18.7 Å². The number of likely N-dealkylation sites (tertiary alicyclic amines) is 1. The number of amides is 1. The van der Waals surface area contributed by atoms with E-state index in [0.29, 0.717) is 11.1 Å². The summed E-state index contributed by atoms with van der Waals surface area (Å²) in [6, 6.07) is 12.3. The maximum Gasteiger partial charge on any atom is 0.225 e. The summed E-state index contributed by atoms with van der Waals surface area (Å²) >= 11 is 0. The summed E-state index contributed by atoms with van der Waals surface area (Å²) < 4.78 is 41.7. The average Bonchev–Trinajstić information content (AvgIpc) is 2.67. The van der Waals surface area contributed by atoms with Crippen molar-refractivity contribution >= 4 is 21.7 Å². The fourth-order valence-electron chi connectivity index (χ4n) is 3.33. The molecule has 0 saturated carbocycles. The Labute approximate surface area is 176 Å². The summed E-state index contributed by atoms with van der Waals surface area (Å²) in [6.45, 7) is 4.72. The van der Waals surface area contributed by atoms with Gasteiger partial charge in [0.25, 0.3) is 0 Å². The van der Waals surface area contributed by atoms with Gasteiger partial charge in [-0.1, -0.05) is 44.2 Å². The highest BCUT2D eigenvalue weighted by molar-refractivity contribution is 7.90. The van der Waals surface area contributed by atoms with Crippen LogP contribution in [0.2, 0.25) is 0 Å². The zero-order valence-electron chi connectivity index (χ0n) is 17.2. The van der Waals surface area contributed by atoms with Crippen molar-refractivity contribution in [3.8, 4) is 11.1 Å². The predicted molar refractivity (Wildman–Crippen MR) is 113 cm³/mol. The molecule has 1 fully saturated rings. The first kappa shape index (κ1) is 22.1. The average molecular weight is 433 g/mol. The van der Waals surface area contributed by atoms with E-state index in [1.54, 1.807) is 26.8 Å². The van der Waals surface area contributed by atoms with Crippen LogP contribution in [0.1, 0.15) is 29.8 Å². The van der Waals surface area contributed by atoms with Gasteiger partial charge in [-0.15, -0.1) is 0 Å². The minimum Gasteiger partial charge on any atom is -0.340 e. The van der Waals surface area contributed by atoms with Crippen molar-refractivity contribution in [2.75, 3.05) is 19.6 Å². The number of hydrogen-bond donors (Lipinski definition) is 1. The Morgan fingerprint density at radius 3 is 2.37 bits per heavy atom. The third-order valence-electron chi connectivity index (χ3n) is 5.19. The van der Waals surface area contributed by atoms with E-state index in [-0.39, 0.29) is 30.5 Å². The Balaban J connectivity index is 1.69. The molecule has 1 saturated heterocycles. The first-order chi connectivity index (χ1) is 14.1. The minimum absolute atomic E-state index is 0.0947. The van der Waals surface area contributed by atoms with Gasteiger partial charge < -0.3 is 4.90 Å². The molecule has 0 aliphatic carbocycles. The van der Waals surface area contributed by atoms with Gasteiger partial charge in [-0.25, -0.2) is 17.5 Å². The number of carbonyl (C=O) groups excluding carboxylic acids is 2. The molecular weight excluding hydrogens is 407 g/mol. The van der Waals surface area contributed by atoms with E-state index < -0.39 is 33.4 Å². The van der Waals surface area contributed by atoms with Crippen LogP contribution in [0.25, 0.3) is 11.1 Å². The lowest BCUT2D eigenvalue weighted by molar-refractivity contribution is -0.137. The monoisotopic (exact) mass is 432 g/mol. The summed E-state index contributed by atoms with van der Waals surface area (Å²) in [5, 5.41) is -0.768. The number of benzene rings is 2. The maximum atomic E-state index is 14.6. The van der Waals surface area contributed by atoms with Crippen LogP contribution in [-0.4, -0.2) is 49.9 Å². The van der Waals surface area contributed by atoms with E-state index in [1.807, 2.05) is 30.3 Å². The molecule has 1 N–H and O–H groups in total. The molecule has 3 rings (SSSR count). The summed E-state index contributed by atoms with van der Waals surface area (Å²) in [5.74, 6) is -1.61. The van der Waals surface area contributed by atoms with Crippen LogP contribution in [0.5, 0.6) is 0 Å². The number of carbonyl (C=O) groups is 2. The summed E-state index contributed by atoms with van der Waals surface area (Å²) in [7, 11) is -3.79. The van der Waals surface area contributed by atoms with Gasteiger partial charge >= 0.3 is 0 Å². The highest BCUT2D eigenvalue weighted by Gasteiger charge is 2.40. The first-order valence-electron chi connectivity index (χ1n) is 9.76. The van der Waals surface area contributed by atoms with Gasteiger partial charge in [0, 0.05) is 19.0 Å². The number of aryl methyl sites for hydroxylation is 1. The van der Waals surface area contributed by atoms with Gasteiger partial charge in [0.2, 0.25) is 15.9 Å². The van der Waals surface area contributed by atoms with E-state index in [0.717, 1.165) is 5.56 Å². The molecule has 0 bridgehead atoms. The summed E-state index contributed by atoms with van der Waals surface area (Å²) in [4.78, 5) is 26.0. The SMILES string of the molecule is Cc1cc(-c2ccccc2)cc(C(=O)CNS(=O)(=O)C2CN(C(=O)C(C)C)C2)c1F. The fraction of sp³-hybridized carbons (Fsp3) is 0.364. The van der Waals surface area contributed by atoms with E-state index in [2.05, 4.69) is 4.72 Å². The van der Waals surface area contributed by atoms with Crippen molar-refractivity contribution in [3.63, 3.8) is 0 Å². The molecular formula is C22H25FN2O4S. The number of sulfonamides is 1. The predicted octanol–water partition coefficient (Wildman–Crippen LogP) is 2.77. The normalized spacial score (nSPS) is 14.6. The quantitative estimate of drug-likeness (QED) is 0.682. The van der Waals surface area contributed by atoms with Gasteiger partial charge in [-0.05, 0) is 35.7 Å². The molecule has 0 aromatic heterocycles. The molecule has 1 aliphatic heterocycles. The Morgan fingerprint density at radius 1 is 1.13 bits per heavy atom. The largest absolute Gasteiger partial charge is 0.340 e. The lowest BCUT2D eigenvalue weighted by atomic mass is 9.98. The molecule has 0 unspecified atom stereocenters. The zero-order chi connectivity index (χ0) is 22.1. The molecule has 6 nitrogen and oxygen atoms in total. The van der Waals surface area contributed by atoms with Crippen molar-refractivity contribution in [2.24, 2.45) is 5.92 Å². The van der Waals surface area contributed by atoms with Gasteiger partial charge in [-0.3, -0.25) is 9.59 Å². The van der Waals surface area contributed by atoms with Crippen molar-refractivity contribution in [1.82, 2.24) is 9.62 Å². The molecule has 0 spiro atoms. The number of ketones is 1. The van der Waals surface area contributed by atoms with Gasteiger partial charge in [0.15, 0.2) is 5.78 Å². The topological polar surface area (TPSA) is 83.6 Å². The molecule has 1 amide bonds. The Bertz CT molecular complexity index is 1060. The molecule has 8 heteroatoms. The molecule has 0 radical (unpaired) electrons. The highest BCUT2D eigenvalue weighted by atomic mass is 32.2. The van der Waals surface area contributed by atoms with Crippen LogP contribution < -0.4 is 4.72 Å². The van der Waals surface area contributed by atoms with E-state index in [4.69, 9.17) is 0 Å². The second-order valence-electron chi connectivity index (χ2n) is 7.83. The number of nitrogens with zero attached hydrogens (tertiary/aromatic N) is 1. The van der Waals surface area contributed by atoms with Gasteiger partial charge in [0.1, 0.15) is 11.1 Å². The molecule has 2 aromatic rings. The Kier molecular flexibility index (Phi) is 6.38. The van der Waals surface area contributed by atoms with E-state index in [1.165, 1.54) is 11.0 Å². The fourth-order valence-corrected chi connectivity index (χ4v) is 4.65. The van der Waals surface area contributed by atoms with Crippen LogP contribution >= 0.6 is 0 Å². The Hall–Kier alpha value is -2.58. The van der Waals surface area contributed by atoms with Crippen LogP contribution in [0.3, 0.4) is 0 Å². The molecule has 1 heterocycles. The first-order valence-corrected chi connectivity index (χ1v) is 11.3. The van der Waals surface area contributed by atoms with Gasteiger partial charge in [-0.2, -0.15) is 0 Å². The van der Waals surface area contributed by atoms with Crippen molar-refractivity contribution < 1.29 is 22.4 Å². The van der Waals surface area contributed by atoms with E-state index in [9.17, 15) is 22.4 Å². The lowest BCUT2D eigenvalue weighted by Crippen LogP contribution is -2.60.